The summed E-state index contributed by atoms with van der Waals surface area (Å²) in [4.78, 5) is 8.04. The predicted molar refractivity (Wildman–Crippen MR) is 79.5 cm³/mol. The second kappa shape index (κ2) is 4.94. The average Bonchev–Trinajstić information content (AvgIpc) is 3.17. The van der Waals surface area contributed by atoms with Crippen LogP contribution in [0.3, 0.4) is 0 Å². The van der Waals surface area contributed by atoms with E-state index in [0.29, 0.717) is 5.92 Å². The molecule has 4 rings (SSSR count). The number of nitrogens with zero attached hydrogens (tertiary/aromatic N) is 1. The first-order chi connectivity index (χ1) is 9.92. The van der Waals surface area contributed by atoms with Crippen LogP contribution in [0.25, 0.3) is 16.8 Å². The fourth-order valence-corrected chi connectivity index (χ4v) is 3.23. The summed E-state index contributed by atoms with van der Waals surface area (Å²) in [5.41, 5.74) is 3.34. The Morgan fingerprint density at radius 1 is 1.20 bits per heavy atom. The largest absolute Gasteiger partial charge is 0.491 e. The highest BCUT2D eigenvalue weighted by Gasteiger charge is 2.19. The highest BCUT2D eigenvalue weighted by molar-refractivity contribution is 5.82. The summed E-state index contributed by atoms with van der Waals surface area (Å²) in [6.07, 6.45) is 7.66. The van der Waals surface area contributed by atoms with Crippen molar-refractivity contribution in [2.75, 3.05) is 19.7 Å². The number of hydrogen-bond acceptors (Lipinski definition) is 3. The molecule has 1 fully saturated rings. The molecule has 1 saturated heterocycles. The van der Waals surface area contributed by atoms with Gasteiger partial charge in [-0.3, -0.25) is 0 Å². The molecule has 0 bridgehead atoms. The van der Waals surface area contributed by atoms with E-state index >= 15 is 0 Å². The van der Waals surface area contributed by atoms with Gasteiger partial charge in [0.05, 0.1) is 6.61 Å². The molecule has 2 aliphatic heterocycles. The summed E-state index contributed by atoms with van der Waals surface area (Å²) in [5, 5.41) is 4.68. The van der Waals surface area contributed by atoms with Gasteiger partial charge in [0, 0.05) is 18.0 Å². The fourth-order valence-electron chi connectivity index (χ4n) is 3.23. The second-order valence-corrected chi connectivity index (χ2v) is 5.57. The minimum Gasteiger partial charge on any atom is -0.491 e. The Morgan fingerprint density at radius 3 is 2.90 bits per heavy atom. The normalized spacial score (nSPS) is 20.1. The summed E-state index contributed by atoms with van der Waals surface area (Å²) in [5.74, 6) is 1.57. The minimum absolute atomic E-state index is 0.652. The molecule has 0 atom stereocenters. The van der Waals surface area contributed by atoms with E-state index in [2.05, 4.69) is 34.7 Å². The lowest BCUT2D eigenvalue weighted by atomic mass is 9.90. The Morgan fingerprint density at radius 2 is 2.10 bits per heavy atom. The van der Waals surface area contributed by atoms with E-state index in [0.717, 1.165) is 43.2 Å². The van der Waals surface area contributed by atoms with Crippen molar-refractivity contribution >= 4 is 16.8 Å². The summed E-state index contributed by atoms with van der Waals surface area (Å²) in [7, 11) is 0. The number of hydrogen-bond donors (Lipinski definition) is 2. The Labute approximate surface area is 118 Å². The zero-order valence-corrected chi connectivity index (χ0v) is 11.5. The number of aromatic nitrogens is 2. The van der Waals surface area contributed by atoms with Crippen LogP contribution in [0.4, 0.5) is 0 Å². The van der Waals surface area contributed by atoms with E-state index in [4.69, 9.17) is 9.72 Å². The van der Waals surface area contributed by atoms with Gasteiger partial charge in [0.25, 0.3) is 0 Å². The first kappa shape index (κ1) is 12.0. The molecule has 104 valence electrons. The number of piperidine rings is 1. The average molecular weight is 269 g/mol. The lowest BCUT2D eigenvalue weighted by molar-refractivity contribution is 0.306. The number of H-pyrrole nitrogens is 1. The maximum atomic E-state index is 5.59. The molecule has 20 heavy (non-hydrogen) atoms. The highest BCUT2D eigenvalue weighted by Crippen LogP contribution is 2.32. The van der Waals surface area contributed by atoms with E-state index in [-0.39, 0.29) is 0 Å². The Bertz CT molecular complexity index is 653. The molecule has 0 saturated carbocycles. The molecule has 2 aliphatic rings. The molecular formula is C16H19N3O. The zero-order chi connectivity index (χ0) is 13.4. The summed E-state index contributed by atoms with van der Waals surface area (Å²) >= 11 is 0. The molecule has 0 aliphatic carbocycles. The van der Waals surface area contributed by atoms with Crippen molar-refractivity contribution in [2.24, 2.45) is 0 Å². The van der Waals surface area contributed by atoms with Crippen LogP contribution in [0.2, 0.25) is 0 Å². The van der Waals surface area contributed by atoms with Gasteiger partial charge in [0.15, 0.2) is 0 Å². The van der Waals surface area contributed by atoms with Crippen LogP contribution in [0.5, 0.6) is 0 Å². The number of fused-ring (bicyclic) bond motifs is 1. The van der Waals surface area contributed by atoms with Crippen LogP contribution in [0.1, 0.15) is 36.4 Å². The molecule has 4 heteroatoms. The minimum atomic E-state index is 0.652. The Balaban J connectivity index is 1.70. The third-order valence-corrected chi connectivity index (χ3v) is 4.31. The molecule has 4 heterocycles. The first-order valence-corrected chi connectivity index (χ1v) is 7.44. The quantitative estimate of drug-likeness (QED) is 0.881. The molecule has 2 aromatic heterocycles. The van der Waals surface area contributed by atoms with Crippen LogP contribution < -0.4 is 5.32 Å². The SMILES string of the molecule is C1=C(c2ccc3c(C4CCNCC4)c[nH]c3n2)OCC1. The van der Waals surface area contributed by atoms with Crippen LogP contribution >= 0.6 is 0 Å². The van der Waals surface area contributed by atoms with Gasteiger partial charge in [-0.1, -0.05) is 0 Å². The molecule has 2 aromatic rings. The molecular weight excluding hydrogens is 250 g/mol. The van der Waals surface area contributed by atoms with E-state index < -0.39 is 0 Å². The predicted octanol–water partition coefficient (Wildman–Crippen LogP) is 2.79. The lowest BCUT2D eigenvalue weighted by Gasteiger charge is -2.22. The molecule has 0 radical (unpaired) electrons. The topological polar surface area (TPSA) is 49.9 Å². The third kappa shape index (κ3) is 2.00. The fraction of sp³-hybridized carbons (Fsp3) is 0.438. The van der Waals surface area contributed by atoms with Crippen molar-refractivity contribution in [3.05, 3.63) is 35.7 Å². The standard InChI is InChI=1S/C16H19N3O/c1-2-15(20-9-1)14-4-3-12-13(10-18-16(12)19-14)11-5-7-17-8-6-11/h2-4,10-11,17H,1,5-9H2,(H,18,19). The van der Waals surface area contributed by atoms with Gasteiger partial charge < -0.3 is 15.0 Å². The molecule has 2 N–H and O–H groups in total. The van der Waals surface area contributed by atoms with Gasteiger partial charge in [-0.2, -0.15) is 0 Å². The van der Waals surface area contributed by atoms with E-state index in [1.54, 1.807) is 0 Å². The Kier molecular flexibility index (Phi) is 2.96. The molecule has 0 aromatic carbocycles. The molecule has 4 nitrogen and oxygen atoms in total. The summed E-state index contributed by atoms with van der Waals surface area (Å²) in [6, 6.07) is 4.27. The van der Waals surface area contributed by atoms with E-state index in [1.165, 1.54) is 23.8 Å². The van der Waals surface area contributed by atoms with Crippen molar-refractivity contribution in [3.63, 3.8) is 0 Å². The Hall–Kier alpha value is -1.81. The van der Waals surface area contributed by atoms with Crippen molar-refractivity contribution in [1.29, 1.82) is 0 Å². The summed E-state index contributed by atoms with van der Waals surface area (Å²) < 4.78 is 5.59. The molecule has 0 amide bonds. The van der Waals surface area contributed by atoms with Gasteiger partial charge in [-0.05, 0) is 55.6 Å². The van der Waals surface area contributed by atoms with E-state index in [1.807, 2.05) is 0 Å². The monoisotopic (exact) mass is 269 g/mol. The number of nitrogens with one attached hydrogen (secondary N) is 2. The van der Waals surface area contributed by atoms with Crippen LogP contribution in [-0.4, -0.2) is 29.7 Å². The molecule has 0 unspecified atom stereocenters. The number of aromatic amines is 1. The third-order valence-electron chi connectivity index (χ3n) is 4.31. The van der Waals surface area contributed by atoms with Crippen LogP contribution in [-0.2, 0) is 4.74 Å². The first-order valence-electron chi connectivity index (χ1n) is 7.44. The zero-order valence-electron chi connectivity index (χ0n) is 11.5. The maximum Gasteiger partial charge on any atom is 0.141 e. The van der Waals surface area contributed by atoms with Gasteiger partial charge >= 0.3 is 0 Å². The van der Waals surface area contributed by atoms with Gasteiger partial charge in [0.2, 0.25) is 0 Å². The number of pyridine rings is 1. The lowest BCUT2D eigenvalue weighted by Crippen LogP contribution is -2.26. The smallest absolute Gasteiger partial charge is 0.141 e. The van der Waals surface area contributed by atoms with Crippen LogP contribution in [0, 0.1) is 0 Å². The van der Waals surface area contributed by atoms with Gasteiger partial charge in [-0.15, -0.1) is 0 Å². The van der Waals surface area contributed by atoms with E-state index in [9.17, 15) is 0 Å². The van der Waals surface area contributed by atoms with Crippen molar-refractivity contribution in [2.45, 2.75) is 25.2 Å². The number of ether oxygens (including phenoxy) is 1. The van der Waals surface area contributed by atoms with Gasteiger partial charge in [-0.25, -0.2) is 4.98 Å². The maximum absolute atomic E-state index is 5.59. The highest BCUT2D eigenvalue weighted by atomic mass is 16.5. The molecule has 0 spiro atoms. The van der Waals surface area contributed by atoms with Crippen molar-refractivity contribution < 1.29 is 4.74 Å². The second-order valence-electron chi connectivity index (χ2n) is 5.57. The summed E-state index contributed by atoms with van der Waals surface area (Å²) in [6.45, 7) is 3.01. The van der Waals surface area contributed by atoms with Crippen molar-refractivity contribution in [1.82, 2.24) is 15.3 Å². The van der Waals surface area contributed by atoms with Crippen LogP contribution in [0.15, 0.2) is 24.4 Å². The number of rotatable bonds is 2. The van der Waals surface area contributed by atoms with Crippen molar-refractivity contribution in [3.8, 4) is 0 Å². The van der Waals surface area contributed by atoms with Gasteiger partial charge in [0.1, 0.15) is 17.1 Å².